The standard InChI is InChI=1S/C19H37N5O2/c1-7-20-18(22-11-10-21-17(26)19(4,5)6)23-15-8-12-24(13-9-15)16(25)14(2)3/h14-15H,7-13H2,1-6H3,(H,21,26)(H2,20,22,23). The number of guanidine groups is 1. The van der Waals surface area contributed by atoms with Crippen LogP contribution in [-0.4, -0.2) is 61.4 Å². The predicted octanol–water partition coefficient (Wildman–Crippen LogP) is 1.35. The Kier molecular flexibility index (Phi) is 8.88. The molecule has 26 heavy (non-hydrogen) atoms. The number of hydrogen-bond donors (Lipinski definition) is 3. The molecule has 0 aromatic heterocycles. The van der Waals surface area contributed by atoms with Gasteiger partial charge >= 0.3 is 0 Å². The van der Waals surface area contributed by atoms with Crippen LogP contribution in [0, 0.1) is 11.3 Å². The van der Waals surface area contributed by atoms with E-state index in [1.54, 1.807) is 0 Å². The van der Waals surface area contributed by atoms with E-state index < -0.39 is 0 Å². The molecular formula is C19H37N5O2. The van der Waals surface area contributed by atoms with Gasteiger partial charge in [-0.3, -0.25) is 14.6 Å². The number of nitrogens with zero attached hydrogens (tertiary/aromatic N) is 2. The van der Waals surface area contributed by atoms with Crippen LogP contribution < -0.4 is 16.0 Å². The second-order valence-electron chi connectivity index (χ2n) is 8.17. The molecule has 1 saturated heterocycles. The van der Waals surface area contributed by atoms with Gasteiger partial charge in [-0.15, -0.1) is 0 Å². The summed E-state index contributed by atoms with van der Waals surface area (Å²) in [4.78, 5) is 30.4. The number of aliphatic imine (C=N–C) groups is 1. The van der Waals surface area contributed by atoms with Crippen LogP contribution in [0.2, 0.25) is 0 Å². The van der Waals surface area contributed by atoms with E-state index in [4.69, 9.17) is 0 Å². The third-order valence-electron chi connectivity index (χ3n) is 4.33. The van der Waals surface area contributed by atoms with Gasteiger partial charge in [-0.1, -0.05) is 34.6 Å². The smallest absolute Gasteiger partial charge is 0.225 e. The van der Waals surface area contributed by atoms with Gasteiger partial charge in [0.1, 0.15) is 0 Å². The number of rotatable bonds is 6. The van der Waals surface area contributed by atoms with E-state index in [9.17, 15) is 9.59 Å². The minimum absolute atomic E-state index is 0.0350. The maximum Gasteiger partial charge on any atom is 0.225 e. The molecule has 7 heteroatoms. The van der Waals surface area contributed by atoms with Crippen LogP contribution in [0.3, 0.4) is 0 Å². The van der Waals surface area contributed by atoms with Crippen LogP contribution in [0.1, 0.15) is 54.4 Å². The molecule has 1 aliphatic rings. The van der Waals surface area contributed by atoms with E-state index in [0.717, 1.165) is 38.4 Å². The zero-order chi connectivity index (χ0) is 19.7. The fourth-order valence-electron chi connectivity index (χ4n) is 2.73. The average Bonchev–Trinajstić information content (AvgIpc) is 2.57. The highest BCUT2D eigenvalue weighted by Gasteiger charge is 2.24. The van der Waals surface area contributed by atoms with Crippen molar-refractivity contribution in [2.75, 3.05) is 32.7 Å². The molecule has 1 aliphatic heterocycles. The molecule has 0 aromatic carbocycles. The molecule has 3 N–H and O–H groups in total. The van der Waals surface area contributed by atoms with Crippen molar-refractivity contribution in [2.45, 2.75) is 60.4 Å². The summed E-state index contributed by atoms with van der Waals surface area (Å²) in [6.45, 7) is 15.0. The number of amides is 2. The molecule has 2 amide bonds. The Hall–Kier alpha value is -1.79. The van der Waals surface area contributed by atoms with Crippen LogP contribution in [0.5, 0.6) is 0 Å². The van der Waals surface area contributed by atoms with Crippen molar-refractivity contribution in [3.05, 3.63) is 0 Å². The van der Waals surface area contributed by atoms with Gasteiger partial charge in [0.2, 0.25) is 11.8 Å². The first-order valence-electron chi connectivity index (χ1n) is 9.77. The Morgan fingerprint density at radius 3 is 2.27 bits per heavy atom. The lowest BCUT2D eigenvalue weighted by Gasteiger charge is -2.34. The number of carbonyl (C=O) groups excluding carboxylic acids is 2. The molecule has 150 valence electrons. The third kappa shape index (κ3) is 7.62. The third-order valence-corrected chi connectivity index (χ3v) is 4.33. The fourth-order valence-corrected chi connectivity index (χ4v) is 2.73. The minimum Gasteiger partial charge on any atom is -0.357 e. The Morgan fingerprint density at radius 2 is 1.77 bits per heavy atom. The molecule has 0 aliphatic carbocycles. The van der Waals surface area contributed by atoms with E-state index in [-0.39, 0.29) is 23.1 Å². The number of likely N-dealkylation sites (tertiary alicyclic amines) is 1. The molecule has 0 unspecified atom stereocenters. The molecule has 1 heterocycles. The second-order valence-corrected chi connectivity index (χ2v) is 8.17. The van der Waals surface area contributed by atoms with Crippen LogP contribution in [0.25, 0.3) is 0 Å². The van der Waals surface area contributed by atoms with Crippen molar-refractivity contribution in [1.29, 1.82) is 0 Å². The minimum atomic E-state index is -0.381. The molecule has 0 spiro atoms. The Balaban J connectivity index is 2.43. The van der Waals surface area contributed by atoms with E-state index in [2.05, 4.69) is 20.9 Å². The second kappa shape index (κ2) is 10.4. The van der Waals surface area contributed by atoms with Crippen molar-refractivity contribution in [3.63, 3.8) is 0 Å². The molecule has 0 radical (unpaired) electrons. The predicted molar refractivity (Wildman–Crippen MR) is 106 cm³/mol. The molecule has 0 atom stereocenters. The molecule has 0 saturated carbocycles. The lowest BCUT2D eigenvalue weighted by Crippen LogP contribution is -2.50. The van der Waals surface area contributed by atoms with Crippen LogP contribution in [0.4, 0.5) is 0 Å². The van der Waals surface area contributed by atoms with Gasteiger partial charge in [-0.05, 0) is 19.8 Å². The quantitative estimate of drug-likeness (QED) is 0.376. The molecule has 0 bridgehead atoms. The van der Waals surface area contributed by atoms with Gasteiger partial charge in [0, 0.05) is 43.6 Å². The van der Waals surface area contributed by atoms with Gasteiger partial charge in [0.25, 0.3) is 0 Å². The van der Waals surface area contributed by atoms with Crippen LogP contribution in [0.15, 0.2) is 4.99 Å². The van der Waals surface area contributed by atoms with Crippen molar-refractivity contribution in [2.24, 2.45) is 16.3 Å². The Labute approximate surface area is 158 Å². The summed E-state index contributed by atoms with van der Waals surface area (Å²) >= 11 is 0. The van der Waals surface area contributed by atoms with Crippen molar-refractivity contribution in [3.8, 4) is 0 Å². The van der Waals surface area contributed by atoms with Crippen molar-refractivity contribution < 1.29 is 9.59 Å². The summed E-state index contributed by atoms with van der Waals surface area (Å²) in [5.41, 5.74) is -0.381. The number of piperidine rings is 1. The van der Waals surface area contributed by atoms with Gasteiger partial charge in [0.05, 0.1) is 6.54 Å². The van der Waals surface area contributed by atoms with Gasteiger partial charge in [0.15, 0.2) is 5.96 Å². The average molecular weight is 368 g/mol. The van der Waals surface area contributed by atoms with Crippen molar-refractivity contribution in [1.82, 2.24) is 20.9 Å². The highest BCUT2D eigenvalue weighted by molar-refractivity contribution is 5.82. The summed E-state index contributed by atoms with van der Waals surface area (Å²) in [6, 6.07) is 0.313. The highest BCUT2D eigenvalue weighted by Crippen LogP contribution is 2.13. The van der Waals surface area contributed by atoms with E-state index in [1.165, 1.54) is 0 Å². The van der Waals surface area contributed by atoms with Gasteiger partial charge in [-0.2, -0.15) is 0 Å². The number of carbonyl (C=O) groups is 2. The number of hydrogen-bond acceptors (Lipinski definition) is 3. The Bertz CT molecular complexity index is 489. The maximum absolute atomic E-state index is 12.1. The molecule has 7 nitrogen and oxygen atoms in total. The normalized spacial score (nSPS) is 16.6. The summed E-state index contributed by atoms with van der Waals surface area (Å²) in [7, 11) is 0. The van der Waals surface area contributed by atoms with E-state index in [0.29, 0.717) is 19.1 Å². The summed E-state index contributed by atoms with van der Waals surface area (Å²) in [5.74, 6) is 1.10. The molecule has 0 aromatic rings. The first-order chi connectivity index (χ1) is 12.1. The summed E-state index contributed by atoms with van der Waals surface area (Å²) in [5, 5.41) is 9.61. The first-order valence-corrected chi connectivity index (χ1v) is 9.77. The maximum atomic E-state index is 12.1. The van der Waals surface area contributed by atoms with Gasteiger partial charge in [-0.25, -0.2) is 0 Å². The SMILES string of the molecule is CCNC(=NCCNC(=O)C(C)(C)C)NC1CCN(C(=O)C(C)C)CC1. The Morgan fingerprint density at radius 1 is 1.15 bits per heavy atom. The highest BCUT2D eigenvalue weighted by atomic mass is 16.2. The van der Waals surface area contributed by atoms with Crippen LogP contribution >= 0.6 is 0 Å². The zero-order valence-electron chi connectivity index (χ0n) is 17.3. The molecule has 1 rings (SSSR count). The number of nitrogens with one attached hydrogen (secondary N) is 3. The zero-order valence-corrected chi connectivity index (χ0v) is 17.3. The van der Waals surface area contributed by atoms with E-state index in [1.807, 2.05) is 46.4 Å². The molecular weight excluding hydrogens is 330 g/mol. The van der Waals surface area contributed by atoms with Crippen LogP contribution in [-0.2, 0) is 9.59 Å². The lowest BCUT2D eigenvalue weighted by atomic mass is 9.96. The first kappa shape index (κ1) is 22.3. The van der Waals surface area contributed by atoms with E-state index >= 15 is 0 Å². The largest absolute Gasteiger partial charge is 0.357 e. The topological polar surface area (TPSA) is 85.8 Å². The summed E-state index contributed by atoms with van der Waals surface area (Å²) < 4.78 is 0. The van der Waals surface area contributed by atoms with Crippen molar-refractivity contribution >= 4 is 17.8 Å². The molecule has 1 fully saturated rings. The monoisotopic (exact) mass is 367 g/mol. The fraction of sp³-hybridized carbons (Fsp3) is 0.842. The van der Waals surface area contributed by atoms with Gasteiger partial charge < -0.3 is 20.9 Å². The lowest BCUT2D eigenvalue weighted by molar-refractivity contribution is -0.135. The summed E-state index contributed by atoms with van der Waals surface area (Å²) in [6.07, 6.45) is 1.84.